The maximum absolute atomic E-state index is 12.7. The predicted molar refractivity (Wildman–Crippen MR) is 104 cm³/mol. The van der Waals surface area contributed by atoms with E-state index < -0.39 is 11.0 Å². The van der Waals surface area contributed by atoms with Gasteiger partial charge in [-0.05, 0) is 24.3 Å². The number of hydrogen-bond donors (Lipinski definition) is 0. The molecule has 0 radical (unpaired) electrons. The minimum atomic E-state index is -0.529. The van der Waals surface area contributed by atoms with E-state index >= 15 is 0 Å². The van der Waals surface area contributed by atoms with Crippen LogP contribution in [0.25, 0.3) is 11.0 Å². The summed E-state index contributed by atoms with van der Waals surface area (Å²) in [5.74, 6) is 1.59. The van der Waals surface area contributed by atoms with Gasteiger partial charge in [0.15, 0.2) is 23.4 Å². The molecule has 5 rings (SSSR count). The number of nitro groups is 1. The Labute approximate surface area is 166 Å². The van der Waals surface area contributed by atoms with Gasteiger partial charge in [0, 0.05) is 6.07 Å². The third kappa shape index (κ3) is 2.99. The topological polar surface area (TPSA) is 109 Å². The molecule has 144 valence electrons. The first-order valence-corrected chi connectivity index (χ1v) is 9.45. The largest absolute Gasteiger partial charge is 0.485 e. The highest BCUT2D eigenvalue weighted by Gasteiger charge is 2.27. The molecule has 9 nitrogen and oxygen atoms in total. The van der Waals surface area contributed by atoms with Crippen LogP contribution in [-0.4, -0.2) is 26.1 Å². The number of benzene rings is 2. The number of thiazole rings is 1. The Hall–Kier alpha value is -3.79. The van der Waals surface area contributed by atoms with Gasteiger partial charge < -0.3 is 9.47 Å². The first-order valence-electron chi connectivity index (χ1n) is 8.63. The molecule has 4 aromatic rings. The number of nitrogens with zero attached hydrogens (tertiary/aromatic N) is 4. The van der Waals surface area contributed by atoms with Gasteiger partial charge in [0.2, 0.25) is 4.96 Å². The SMILES string of the molecule is O=c1/c(=C/c2ccccc2[N+](=O)[O-])sc2nc(C3COc4ccccc4O3)nn12. The van der Waals surface area contributed by atoms with Crippen LogP contribution in [0.5, 0.6) is 11.5 Å². The van der Waals surface area contributed by atoms with Crippen LogP contribution in [0.4, 0.5) is 5.69 Å². The lowest BCUT2D eigenvalue weighted by atomic mass is 10.2. The number of aromatic nitrogens is 3. The van der Waals surface area contributed by atoms with Gasteiger partial charge in [-0.3, -0.25) is 14.9 Å². The van der Waals surface area contributed by atoms with Gasteiger partial charge >= 0.3 is 0 Å². The summed E-state index contributed by atoms with van der Waals surface area (Å²) in [6.07, 6.45) is 0.955. The molecule has 3 heterocycles. The van der Waals surface area contributed by atoms with Gasteiger partial charge in [-0.25, -0.2) is 0 Å². The number of rotatable bonds is 3. The highest BCUT2D eigenvalue weighted by molar-refractivity contribution is 7.15. The highest BCUT2D eigenvalue weighted by atomic mass is 32.1. The third-order valence-electron chi connectivity index (χ3n) is 4.41. The van der Waals surface area contributed by atoms with E-state index in [2.05, 4.69) is 10.1 Å². The molecule has 1 aliphatic rings. The zero-order valence-electron chi connectivity index (χ0n) is 14.7. The second-order valence-electron chi connectivity index (χ2n) is 6.26. The van der Waals surface area contributed by atoms with E-state index in [1.165, 1.54) is 16.7 Å². The van der Waals surface area contributed by atoms with Crippen molar-refractivity contribution in [2.24, 2.45) is 0 Å². The molecule has 0 fully saturated rings. The molecule has 0 amide bonds. The van der Waals surface area contributed by atoms with Crippen molar-refractivity contribution in [3.8, 4) is 11.5 Å². The molecule has 0 aliphatic carbocycles. The maximum atomic E-state index is 12.7. The van der Waals surface area contributed by atoms with E-state index in [1.54, 1.807) is 24.3 Å². The molecule has 0 saturated heterocycles. The molecule has 0 N–H and O–H groups in total. The Morgan fingerprint density at radius 2 is 1.93 bits per heavy atom. The van der Waals surface area contributed by atoms with Crippen LogP contribution < -0.4 is 19.6 Å². The summed E-state index contributed by atoms with van der Waals surface area (Å²) < 4.78 is 13.1. The Morgan fingerprint density at radius 1 is 1.17 bits per heavy atom. The minimum absolute atomic E-state index is 0.0713. The molecule has 2 aromatic heterocycles. The zero-order valence-corrected chi connectivity index (χ0v) is 15.5. The molecule has 0 spiro atoms. The second-order valence-corrected chi connectivity index (χ2v) is 7.27. The monoisotopic (exact) mass is 408 g/mol. The zero-order chi connectivity index (χ0) is 20.0. The van der Waals surface area contributed by atoms with Crippen LogP contribution in [0.15, 0.2) is 53.3 Å². The van der Waals surface area contributed by atoms with Crippen molar-refractivity contribution in [1.29, 1.82) is 0 Å². The summed E-state index contributed by atoms with van der Waals surface area (Å²) in [4.78, 5) is 28.2. The molecular formula is C19H12N4O5S. The number of fused-ring (bicyclic) bond motifs is 2. The first kappa shape index (κ1) is 17.3. The Balaban J connectivity index is 1.52. The number of para-hydroxylation sites is 3. The Bertz CT molecular complexity index is 1360. The van der Waals surface area contributed by atoms with Crippen molar-refractivity contribution in [3.05, 3.63) is 84.9 Å². The molecule has 29 heavy (non-hydrogen) atoms. The van der Waals surface area contributed by atoms with E-state index in [0.29, 0.717) is 32.4 Å². The molecule has 1 atom stereocenters. The molecular weight excluding hydrogens is 396 g/mol. The molecule has 0 bridgehead atoms. The van der Waals surface area contributed by atoms with Gasteiger partial charge in [0.25, 0.3) is 11.2 Å². The van der Waals surface area contributed by atoms with Crippen LogP contribution >= 0.6 is 11.3 Å². The van der Waals surface area contributed by atoms with Gasteiger partial charge in [-0.1, -0.05) is 35.6 Å². The third-order valence-corrected chi connectivity index (χ3v) is 5.37. The fourth-order valence-electron chi connectivity index (χ4n) is 3.05. The van der Waals surface area contributed by atoms with Crippen molar-refractivity contribution < 1.29 is 14.4 Å². The first-order chi connectivity index (χ1) is 14.1. The van der Waals surface area contributed by atoms with E-state index in [4.69, 9.17) is 9.47 Å². The molecule has 10 heteroatoms. The van der Waals surface area contributed by atoms with E-state index in [0.717, 1.165) is 11.3 Å². The van der Waals surface area contributed by atoms with E-state index in [-0.39, 0.29) is 17.9 Å². The quantitative estimate of drug-likeness (QED) is 0.377. The molecule has 2 aromatic carbocycles. The van der Waals surface area contributed by atoms with Crippen LogP contribution in [0.3, 0.4) is 0 Å². The van der Waals surface area contributed by atoms with Crippen LogP contribution in [0, 0.1) is 10.1 Å². The average molecular weight is 408 g/mol. The lowest BCUT2D eigenvalue weighted by Crippen LogP contribution is -2.26. The summed E-state index contributed by atoms with van der Waals surface area (Å²) in [5, 5.41) is 15.5. The van der Waals surface area contributed by atoms with Crippen molar-refractivity contribution in [2.75, 3.05) is 6.61 Å². The van der Waals surface area contributed by atoms with Crippen LogP contribution in [0.1, 0.15) is 17.5 Å². The molecule has 1 aliphatic heterocycles. The highest BCUT2D eigenvalue weighted by Crippen LogP contribution is 2.35. The van der Waals surface area contributed by atoms with Gasteiger partial charge in [-0.15, -0.1) is 5.10 Å². The second kappa shape index (κ2) is 6.67. The van der Waals surface area contributed by atoms with Gasteiger partial charge in [0.05, 0.1) is 15.0 Å². The summed E-state index contributed by atoms with van der Waals surface area (Å²) >= 11 is 1.11. The lowest BCUT2D eigenvalue weighted by Gasteiger charge is -2.24. The van der Waals surface area contributed by atoms with Crippen LogP contribution in [0.2, 0.25) is 0 Å². The normalized spacial score (nSPS) is 16.3. The smallest absolute Gasteiger partial charge is 0.291 e. The Morgan fingerprint density at radius 3 is 2.72 bits per heavy atom. The summed E-state index contributed by atoms with van der Waals surface area (Å²) in [7, 11) is 0. The Kier molecular flexibility index (Phi) is 3.98. The van der Waals surface area contributed by atoms with E-state index in [1.807, 2.05) is 18.2 Å². The summed E-state index contributed by atoms with van der Waals surface area (Å²) in [5.41, 5.74) is -0.114. The van der Waals surface area contributed by atoms with Gasteiger partial charge in [0.1, 0.15) is 6.61 Å². The number of ether oxygens (including phenoxy) is 2. The molecule has 1 unspecified atom stereocenters. The molecule has 0 saturated carbocycles. The standard InChI is InChI=1S/C19H12N4O5S/c24-18-16(9-11-5-1-2-6-12(11)23(25)26)29-19-20-17(21-22(18)19)15-10-27-13-7-3-4-8-14(13)28-15/h1-9,15H,10H2/b16-9-. The minimum Gasteiger partial charge on any atom is -0.485 e. The van der Waals surface area contributed by atoms with Crippen molar-refractivity contribution in [3.63, 3.8) is 0 Å². The lowest BCUT2D eigenvalue weighted by molar-refractivity contribution is -0.385. The fraction of sp³-hybridized carbons (Fsp3) is 0.105. The van der Waals surface area contributed by atoms with Gasteiger partial charge in [-0.2, -0.15) is 9.50 Å². The maximum Gasteiger partial charge on any atom is 0.291 e. The summed E-state index contributed by atoms with van der Waals surface area (Å²) in [6, 6.07) is 13.5. The average Bonchev–Trinajstić information content (AvgIpc) is 3.27. The van der Waals surface area contributed by atoms with E-state index in [9.17, 15) is 14.9 Å². The van der Waals surface area contributed by atoms with Crippen molar-refractivity contribution in [1.82, 2.24) is 14.6 Å². The number of nitro benzene ring substituents is 1. The van der Waals surface area contributed by atoms with Crippen molar-refractivity contribution >= 4 is 28.1 Å². The van der Waals surface area contributed by atoms with Crippen LogP contribution in [-0.2, 0) is 0 Å². The van der Waals surface area contributed by atoms with Crippen molar-refractivity contribution in [2.45, 2.75) is 6.10 Å². The summed E-state index contributed by atoms with van der Waals surface area (Å²) in [6.45, 7) is 0.234. The fourth-order valence-corrected chi connectivity index (χ4v) is 3.95. The number of hydrogen-bond acceptors (Lipinski definition) is 8. The predicted octanol–water partition coefficient (Wildman–Crippen LogP) is 2.12.